The van der Waals surface area contributed by atoms with E-state index < -0.39 is 0 Å². The van der Waals surface area contributed by atoms with E-state index in [9.17, 15) is 9.59 Å². The molecular weight excluding hydrogens is 338 g/mol. The maximum absolute atomic E-state index is 12.4. The Balaban J connectivity index is 1.51. The van der Waals surface area contributed by atoms with Crippen LogP contribution in [0.4, 0.5) is 5.13 Å². The van der Waals surface area contributed by atoms with E-state index in [1.165, 1.54) is 11.3 Å². The number of hydrogen-bond acceptors (Lipinski definition) is 6. The van der Waals surface area contributed by atoms with E-state index in [4.69, 9.17) is 0 Å². The van der Waals surface area contributed by atoms with Gasteiger partial charge in [0.2, 0.25) is 11.8 Å². The second kappa shape index (κ2) is 7.60. The summed E-state index contributed by atoms with van der Waals surface area (Å²) in [5.41, 5.74) is 1.66. The first-order valence-electron chi connectivity index (χ1n) is 8.10. The molecule has 0 saturated carbocycles. The van der Waals surface area contributed by atoms with E-state index in [-0.39, 0.29) is 24.2 Å². The minimum atomic E-state index is -0.317. The van der Waals surface area contributed by atoms with Crippen LogP contribution in [0.2, 0.25) is 0 Å². The van der Waals surface area contributed by atoms with E-state index in [1.807, 2.05) is 42.6 Å². The molecule has 1 atom stereocenters. The monoisotopic (exact) mass is 359 g/mol. The molecule has 1 saturated heterocycles. The van der Waals surface area contributed by atoms with Gasteiger partial charge >= 0.3 is 0 Å². The molecule has 132 valence electrons. The Morgan fingerprint density at radius 1 is 1.40 bits per heavy atom. The smallest absolute Gasteiger partial charge is 0.225 e. The summed E-state index contributed by atoms with van der Waals surface area (Å²) in [6.07, 6.45) is 1.95. The highest BCUT2D eigenvalue weighted by Gasteiger charge is 2.34. The van der Waals surface area contributed by atoms with Crippen LogP contribution in [0.1, 0.15) is 17.8 Å². The molecule has 0 aliphatic carbocycles. The van der Waals surface area contributed by atoms with Crippen molar-refractivity contribution in [2.45, 2.75) is 19.5 Å². The summed E-state index contributed by atoms with van der Waals surface area (Å²) in [5, 5.41) is 5.73. The predicted molar refractivity (Wildman–Crippen MR) is 96.0 cm³/mol. The number of anilines is 1. The lowest BCUT2D eigenvalue weighted by atomic mass is 10.1. The molecule has 0 radical (unpaired) electrons. The molecule has 1 aliphatic heterocycles. The van der Waals surface area contributed by atoms with Gasteiger partial charge in [0.25, 0.3) is 0 Å². The van der Waals surface area contributed by atoms with Gasteiger partial charge in [0.1, 0.15) is 0 Å². The number of amides is 2. The van der Waals surface area contributed by atoms with Gasteiger partial charge in [0.05, 0.1) is 30.4 Å². The number of rotatable bonds is 6. The van der Waals surface area contributed by atoms with E-state index in [0.29, 0.717) is 19.6 Å². The summed E-state index contributed by atoms with van der Waals surface area (Å²) >= 11 is 1.54. The number of likely N-dealkylation sites (tertiary alicyclic amines) is 1. The van der Waals surface area contributed by atoms with Crippen LogP contribution < -0.4 is 10.2 Å². The van der Waals surface area contributed by atoms with Crippen LogP contribution in [-0.2, 0) is 22.7 Å². The zero-order chi connectivity index (χ0) is 17.8. The van der Waals surface area contributed by atoms with Crippen molar-refractivity contribution in [2.24, 2.45) is 5.92 Å². The third-order valence-corrected chi connectivity index (χ3v) is 5.09. The van der Waals surface area contributed by atoms with Crippen LogP contribution in [-0.4, -0.2) is 47.3 Å². The predicted octanol–water partition coefficient (Wildman–Crippen LogP) is 1.27. The number of carbonyl (C=O) groups is 2. The first kappa shape index (κ1) is 17.3. The molecular formula is C17H21N5O2S. The van der Waals surface area contributed by atoms with Crippen LogP contribution in [0.25, 0.3) is 0 Å². The molecule has 2 amide bonds. The van der Waals surface area contributed by atoms with E-state index in [0.717, 1.165) is 16.5 Å². The van der Waals surface area contributed by atoms with E-state index >= 15 is 0 Å². The Morgan fingerprint density at radius 2 is 2.24 bits per heavy atom. The van der Waals surface area contributed by atoms with Crippen molar-refractivity contribution in [3.8, 4) is 0 Å². The summed E-state index contributed by atoms with van der Waals surface area (Å²) in [6, 6.07) is 5.61. The lowest BCUT2D eigenvalue weighted by Gasteiger charge is -2.16. The molecule has 0 unspecified atom stereocenters. The van der Waals surface area contributed by atoms with Gasteiger partial charge in [-0.3, -0.25) is 14.6 Å². The molecule has 0 bridgehead atoms. The fourth-order valence-corrected chi connectivity index (χ4v) is 3.45. The molecule has 1 fully saturated rings. The second-order valence-corrected chi connectivity index (χ2v) is 7.07. The minimum Gasteiger partial charge on any atom is -0.354 e. The third-order valence-electron chi connectivity index (χ3n) is 4.03. The highest BCUT2D eigenvalue weighted by Crippen LogP contribution is 2.21. The molecule has 1 N–H and O–H groups in total. The van der Waals surface area contributed by atoms with E-state index in [1.54, 1.807) is 11.1 Å². The van der Waals surface area contributed by atoms with Crippen molar-refractivity contribution in [3.05, 3.63) is 41.2 Å². The van der Waals surface area contributed by atoms with Gasteiger partial charge in [-0.05, 0) is 12.1 Å². The zero-order valence-electron chi connectivity index (χ0n) is 14.3. The number of nitrogens with zero attached hydrogens (tertiary/aromatic N) is 4. The van der Waals surface area contributed by atoms with Crippen LogP contribution in [0.3, 0.4) is 0 Å². The quantitative estimate of drug-likeness (QED) is 0.840. The average Bonchev–Trinajstić information content (AvgIpc) is 3.21. The Kier molecular flexibility index (Phi) is 5.28. The van der Waals surface area contributed by atoms with Gasteiger partial charge in [-0.2, -0.15) is 0 Å². The Hall–Kier alpha value is -2.48. The Morgan fingerprint density at radius 3 is 2.92 bits per heavy atom. The topological polar surface area (TPSA) is 78.4 Å². The van der Waals surface area contributed by atoms with Crippen LogP contribution in [0.15, 0.2) is 29.8 Å². The maximum atomic E-state index is 12.4. The van der Waals surface area contributed by atoms with Crippen molar-refractivity contribution in [3.63, 3.8) is 0 Å². The van der Waals surface area contributed by atoms with Gasteiger partial charge in [0, 0.05) is 38.6 Å². The average molecular weight is 359 g/mol. The number of aromatic nitrogens is 2. The molecule has 25 heavy (non-hydrogen) atoms. The third kappa shape index (κ3) is 4.33. The van der Waals surface area contributed by atoms with Crippen molar-refractivity contribution >= 4 is 28.3 Å². The van der Waals surface area contributed by atoms with Gasteiger partial charge in [-0.25, -0.2) is 4.98 Å². The molecule has 1 aliphatic rings. The second-order valence-electron chi connectivity index (χ2n) is 6.23. The summed E-state index contributed by atoms with van der Waals surface area (Å²) in [5.74, 6) is -0.422. The van der Waals surface area contributed by atoms with Crippen LogP contribution >= 0.6 is 11.3 Å². The Labute approximate surface area is 150 Å². The van der Waals surface area contributed by atoms with Gasteiger partial charge in [-0.15, -0.1) is 11.3 Å². The summed E-state index contributed by atoms with van der Waals surface area (Å²) in [7, 11) is 3.86. The molecule has 0 aromatic carbocycles. The molecule has 8 heteroatoms. The summed E-state index contributed by atoms with van der Waals surface area (Å²) in [4.78, 5) is 36.8. The lowest BCUT2D eigenvalue weighted by molar-refractivity contribution is -0.129. The molecule has 3 heterocycles. The van der Waals surface area contributed by atoms with Crippen molar-refractivity contribution in [2.75, 3.05) is 25.5 Å². The fourth-order valence-electron chi connectivity index (χ4n) is 2.69. The summed E-state index contributed by atoms with van der Waals surface area (Å²) < 4.78 is 0. The van der Waals surface area contributed by atoms with Crippen molar-refractivity contribution in [1.29, 1.82) is 0 Å². The molecule has 2 aromatic rings. The Bertz CT molecular complexity index is 747. The first-order valence-corrected chi connectivity index (χ1v) is 8.98. The van der Waals surface area contributed by atoms with Crippen LogP contribution in [0, 0.1) is 5.92 Å². The number of pyridine rings is 1. The minimum absolute atomic E-state index is 0.00523. The van der Waals surface area contributed by atoms with Crippen molar-refractivity contribution in [1.82, 2.24) is 20.2 Å². The molecule has 7 nitrogen and oxygen atoms in total. The first-order chi connectivity index (χ1) is 12.0. The highest BCUT2D eigenvalue weighted by atomic mass is 32.1. The van der Waals surface area contributed by atoms with Gasteiger partial charge in [0.15, 0.2) is 5.13 Å². The van der Waals surface area contributed by atoms with E-state index in [2.05, 4.69) is 15.3 Å². The summed E-state index contributed by atoms with van der Waals surface area (Å²) in [6.45, 7) is 1.26. The van der Waals surface area contributed by atoms with Gasteiger partial charge in [-0.1, -0.05) is 6.07 Å². The standard InChI is InChI=1S/C17H21N5O2S/c1-21(2)17-20-14(11-25-17)8-19-16(24)12-7-15(23)22(9-12)10-13-5-3-4-6-18-13/h3-6,11-12H,7-10H2,1-2H3,(H,19,24)/t12-/m0/s1. The normalized spacial score (nSPS) is 17.0. The molecule has 2 aromatic heterocycles. The largest absolute Gasteiger partial charge is 0.354 e. The maximum Gasteiger partial charge on any atom is 0.225 e. The zero-order valence-corrected chi connectivity index (χ0v) is 15.1. The lowest BCUT2D eigenvalue weighted by Crippen LogP contribution is -2.32. The molecule has 3 rings (SSSR count). The molecule has 0 spiro atoms. The SMILES string of the molecule is CN(C)c1nc(CNC(=O)[C@H]2CC(=O)N(Cc3ccccn3)C2)cs1. The fraction of sp³-hybridized carbons (Fsp3) is 0.412. The number of carbonyl (C=O) groups excluding carboxylic acids is 2. The van der Waals surface area contributed by atoms with Crippen molar-refractivity contribution < 1.29 is 9.59 Å². The number of hydrogen-bond donors (Lipinski definition) is 1. The van der Waals surface area contributed by atoms with Crippen LogP contribution in [0.5, 0.6) is 0 Å². The van der Waals surface area contributed by atoms with Gasteiger partial charge < -0.3 is 15.1 Å². The number of thiazole rings is 1. The highest BCUT2D eigenvalue weighted by molar-refractivity contribution is 7.13. The number of nitrogens with one attached hydrogen (secondary N) is 1.